The fraction of sp³-hybridized carbons (Fsp3) is 0.143. The number of ether oxygens (including phenoxy) is 1. The maximum Gasteiger partial charge on any atom is 0.254 e. The molecule has 0 saturated carbocycles. The molecule has 2 unspecified atom stereocenters. The molecule has 2 aromatic heterocycles. The van der Waals surface area contributed by atoms with E-state index in [2.05, 4.69) is 15.3 Å². The van der Waals surface area contributed by atoms with E-state index in [4.69, 9.17) is 17.0 Å². The lowest BCUT2D eigenvalue weighted by Gasteiger charge is -2.50. The SMILES string of the molecule is O=C(Cc1ccccc1)NC1C(=O)N2C(C(=S)OC(c3ccccc3)c3ccccc3)=C(c3cc(=O)c4nccnc4s3)CS(=O)[C@H]12. The Balaban J connectivity index is 1.29. The summed E-state index contributed by atoms with van der Waals surface area (Å²) in [6.45, 7) is 0. The number of β-lactam (4-membered cyclic amide) rings is 1. The molecule has 0 bridgehead atoms. The van der Waals surface area contributed by atoms with E-state index in [-0.39, 0.29) is 39.8 Å². The molecule has 0 radical (unpaired) electrons. The molecule has 0 spiro atoms. The van der Waals surface area contributed by atoms with Crippen LogP contribution >= 0.6 is 23.6 Å². The number of nitrogens with zero attached hydrogens (tertiary/aromatic N) is 3. The number of aromatic nitrogens is 2. The van der Waals surface area contributed by atoms with Gasteiger partial charge in [0.1, 0.15) is 33.6 Å². The smallest absolute Gasteiger partial charge is 0.254 e. The second-order valence-corrected chi connectivity index (χ2v) is 13.9. The number of carbonyl (C=O) groups excluding carboxylic acids is 2. The number of carbonyl (C=O) groups is 2. The maximum absolute atomic E-state index is 13.9. The fourth-order valence-corrected chi connectivity index (χ4v) is 8.87. The van der Waals surface area contributed by atoms with Crippen molar-refractivity contribution in [3.05, 3.63) is 147 Å². The molecule has 3 aromatic carbocycles. The average Bonchev–Trinajstić information content (AvgIpc) is 3.10. The molecule has 2 aliphatic heterocycles. The zero-order chi connectivity index (χ0) is 32.5. The molecule has 12 heteroatoms. The third kappa shape index (κ3) is 6.02. The summed E-state index contributed by atoms with van der Waals surface area (Å²) in [6, 6.07) is 28.7. The quantitative estimate of drug-likeness (QED) is 0.188. The fourth-order valence-electron chi connectivity index (χ4n) is 5.75. The van der Waals surface area contributed by atoms with Crippen LogP contribution in [0.2, 0.25) is 0 Å². The molecular weight excluding hydrogens is 653 g/mol. The minimum Gasteiger partial charge on any atom is -0.469 e. The molecule has 5 aromatic rings. The highest BCUT2D eigenvalue weighted by molar-refractivity contribution is 7.86. The van der Waals surface area contributed by atoms with Gasteiger partial charge in [0.15, 0.2) is 0 Å². The Morgan fingerprint density at radius 3 is 2.23 bits per heavy atom. The minimum atomic E-state index is -1.65. The van der Waals surface area contributed by atoms with E-state index in [9.17, 15) is 18.6 Å². The van der Waals surface area contributed by atoms with Gasteiger partial charge in [0.2, 0.25) is 16.4 Å². The summed E-state index contributed by atoms with van der Waals surface area (Å²) in [7, 11) is -1.65. The van der Waals surface area contributed by atoms with Crippen molar-refractivity contribution in [2.75, 3.05) is 5.75 Å². The van der Waals surface area contributed by atoms with Crippen molar-refractivity contribution in [3.63, 3.8) is 0 Å². The van der Waals surface area contributed by atoms with E-state index in [1.165, 1.54) is 34.7 Å². The van der Waals surface area contributed by atoms with Crippen molar-refractivity contribution in [2.24, 2.45) is 0 Å². The predicted octanol–water partition coefficient (Wildman–Crippen LogP) is 4.55. The molecule has 2 amide bonds. The number of amides is 2. The van der Waals surface area contributed by atoms with Crippen LogP contribution in [-0.4, -0.2) is 53.1 Å². The van der Waals surface area contributed by atoms with Crippen LogP contribution in [0, 0.1) is 0 Å². The monoisotopic (exact) mass is 678 g/mol. The van der Waals surface area contributed by atoms with E-state index in [0.717, 1.165) is 16.7 Å². The number of fused-ring (bicyclic) bond motifs is 2. The number of nitrogens with one attached hydrogen (secondary N) is 1. The minimum absolute atomic E-state index is 0.000657. The van der Waals surface area contributed by atoms with E-state index >= 15 is 0 Å². The Morgan fingerprint density at radius 2 is 1.57 bits per heavy atom. The van der Waals surface area contributed by atoms with Crippen molar-refractivity contribution >= 4 is 67.1 Å². The van der Waals surface area contributed by atoms with Crippen molar-refractivity contribution < 1.29 is 18.5 Å². The first-order valence-corrected chi connectivity index (χ1v) is 17.3. The molecule has 4 heterocycles. The van der Waals surface area contributed by atoms with Gasteiger partial charge >= 0.3 is 0 Å². The number of rotatable bonds is 8. The van der Waals surface area contributed by atoms with Crippen LogP contribution in [0.5, 0.6) is 0 Å². The molecule has 47 heavy (non-hydrogen) atoms. The van der Waals surface area contributed by atoms with Crippen molar-refractivity contribution in [1.29, 1.82) is 0 Å². The van der Waals surface area contributed by atoms with Gasteiger partial charge in [-0.3, -0.25) is 23.5 Å². The van der Waals surface area contributed by atoms with Gasteiger partial charge in [-0.2, -0.15) is 0 Å². The first-order chi connectivity index (χ1) is 22.9. The van der Waals surface area contributed by atoms with Crippen molar-refractivity contribution in [1.82, 2.24) is 20.2 Å². The van der Waals surface area contributed by atoms with Crippen LogP contribution in [0.1, 0.15) is 27.7 Å². The predicted molar refractivity (Wildman–Crippen MR) is 185 cm³/mol. The summed E-state index contributed by atoms with van der Waals surface area (Å²) in [4.78, 5) is 50.7. The van der Waals surface area contributed by atoms with Gasteiger partial charge in [-0.15, -0.1) is 11.3 Å². The molecule has 7 rings (SSSR count). The molecule has 1 fully saturated rings. The highest BCUT2D eigenvalue weighted by Gasteiger charge is 2.57. The standard InChI is InChI=1S/C35H26N4O5S3/c40-25-19-26(46-32-28(25)36-16-17-37-32)24-20-47(43)34-29(38-27(41)18-21-10-4-1-5-11-21)33(42)39(34)30(24)35(45)44-31(22-12-6-2-7-13-22)23-14-8-3-9-15-23/h1-17,19,29,31,34H,18,20H2,(H,38,41)/t29?,34-,47?/m1/s1. The van der Waals surface area contributed by atoms with E-state index in [0.29, 0.717) is 15.3 Å². The molecule has 0 aliphatic carbocycles. The third-order valence-electron chi connectivity index (χ3n) is 7.94. The second-order valence-electron chi connectivity index (χ2n) is 11.0. The molecular formula is C35H26N4O5S3. The summed E-state index contributed by atoms with van der Waals surface area (Å²) in [5.41, 5.74) is 3.00. The van der Waals surface area contributed by atoms with Crippen LogP contribution < -0.4 is 10.7 Å². The Hall–Kier alpha value is -4.91. The zero-order valence-corrected chi connectivity index (χ0v) is 27.1. The second kappa shape index (κ2) is 13.1. The van der Waals surface area contributed by atoms with E-state index in [1.54, 1.807) is 0 Å². The van der Waals surface area contributed by atoms with E-state index < -0.39 is 34.2 Å². The average molecular weight is 679 g/mol. The first kappa shape index (κ1) is 30.7. The van der Waals surface area contributed by atoms with Crippen LogP contribution in [0.3, 0.4) is 0 Å². The van der Waals surface area contributed by atoms with E-state index in [1.807, 2.05) is 91.0 Å². The van der Waals surface area contributed by atoms with Crippen molar-refractivity contribution in [2.45, 2.75) is 23.9 Å². The number of hydrogen-bond donors (Lipinski definition) is 1. The summed E-state index contributed by atoms with van der Waals surface area (Å²) < 4.78 is 20.4. The van der Waals surface area contributed by atoms with Gasteiger partial charge in [0.05, 0.1) is 23.0 Å². The Bertz CT molecular complexity index is 2080. The Labute approximate surface area is 281 Å². The van der Waals surface area contributed by atoms with Crippen molar-refractivity contribution in [3.8, 4) is 0 Å². The zero-order valence-electron chi connectivity index (χ0n) is 24.6. The maximum atomic E-state index is 13.9. The number of hydrogen-bond acceptors (Lipinski definition) is 9. The third-order valence-corrected chi connectivity index (χ3v) is 10.9. The molecule has 3 atom stereocenters. The van der Waals surface area contributed by atoms with Gasteiger partial charge in [0, 0.05) is 28.9 Å². The molecule has 2 aliphatic rings. The summed E-state index contributed by atoms with van der Waals surface area (Å²) in [5.74, 6) is -0.853. The van der Waals surface area contributed by atoms with Crippen LogP contribution in [0.4, 0.5) is 0 Å². The summed E-state index contributed by atoms with van der Waals surface area (Å²) in [5, 5.41) is 1.92. The van der Waals surface area contributed by atoms with Gasteiger partial charge in [-0.05, 0) is 28.9 Å². The van der Waals surface area contributed by atoms with Gasteiger partial charge < -0.3 is 10.1 Å². The molecule has 9 nitrogen and oxygen atoms in total. The summed E-state index contributed by atoms with van der Waals surface area (Å²) >= 11 is 7.16. The Morgan fingerprint density at radius 1 is 0.957 bits per heavy atom. The molecule has 1 saturated heterocycles. The topological polar surface area (TPSA) is 119 Å². The number of benzene rings is 3. The molecule has 234 valence electrons. The van der Waals surface area contributed by atoms with Crippen LogP contribution in [0.25, 0.3) is 15.9 Å². The first-order valence-electron chi connectivity index (χ1n) is 14.7. The highest BCUT2D eigenvalue weighted by atomic mass is 32.2. The number of thiocarbonyl (C=S) groups is 1. The van der Waals surface area contributed by atoms with Crippen LogP contribution in [0.15, 0.2) is 120 Å². The summed E-state index contributed by atoms with van der Waals surface area (Å²) in [6.07, 6.45) is 2.39. The lowest BCUT2D eigenvalue weighted by atomic mass is 10.00. The van der Waals surface area contributed by atoms with Crippen LogP contribution in [-0.2, 0) is 31.5 Å². The van der Waals surface area contributed by atoms with Gasteiger partial charge in [-0.25, -0.2) is 9.97 Å². The Kier molecular flexibility index (Phi) is 8.54. The largest absolute Gasteiger partial charge is 0.469 e. The normalized spacial score (nSPS) is 18.9. The molecule has 1 N–H and O–H groups in total. The lowest BCUT2D eigenvalue weighted by molar-refractivity contribution is -0.145. The van der Waals surface area contributed by atoms with Gasteiger partial charge in [0.25, 0.3) is 5.91 Å². The lowest BCUT2D eigenvalue weighted by Crippen LogP contribution is -2.73. The highest BCUT2D eigenvalue weighted by Crippen LogP contribution is 2.41. The van der Waals surface area contributed by atoms with Gasteiger partial charge in [-0.1, -0.05) is 91.0 Å².